The zero-order chi connectivity index (χ0) is 12.6. The highest BCUT2D eigenvalue weighted by molar-refractivity contribution is 6.76. The van der Waals surface area contributed by atoms with Crippen LogP contribution in [0.25, 0.3) is 0 Å². The highest BCUT2D eigenvalue weighted by Gasteiger charge is 2.51. The van der Waals surface area contributed by atoms with Crippen LogP contribution in [0.15, 0.2) is 37.4 Å². The zero-order valence-corrected chi connectivity index (χ0v) is 12.3. The number of imidazole rings is 2. The van der Waals surface area contributed by atoms with Crippen molar-refractivity contribution >= 4 is 8.40 Å². The van der Waals surface area contributed by atoms with Crippen molar-refractivity contribution in [3.8, 4) is 0 Å². The molecular weight excluding hydrogens is 240 g/mol. The maximum Gasteiger partial charge on any atom is 0.484 e. The summed E-state index contributed by atoms with van der Waals surface area (Å²) in [6.07, 6.45) is 17.5. The van der Waals surface area contributed by atoms with Crippen LogP contribution in [-0.2, 0) is 14.1 Å². The standard InChI is InChI=1S/C13H22N4Si/c1-14-6-8-16(12-14)18(10-4-3-5-11-18)17-9-7-15(2)13-17/h6-9,12-13H,3-5,10-11H2,1-2H3/q+2. The molecule has 0 bridgehead atoms. The molecule has 0 unspecified atom stereocenters. The Hall–Kier alpha value is -1.36. The van der Waals surface area contributed by atoms with Gasteiger partial charge >= 0.3 is 8.40 Å². The van der Waals surface area contributed by atoms with Gasteiger partial charge in [0.15, 0.2) is 0 Å². The molecule has 5 heteroatoms. The molecule has 4 nitrogen and oxygen atoms in total. The molecule has 0 aliphatic carbocycles. The van der Waals surface area contributed by atoms with Gasteiger partial charge in [-0.2, -0.15) is 0 Å². The van der Waals surface area contributed by atoms with Crippen molar-refractivity contribution in [1.29, 1.82) is 0 Å². The van der Waals surface area contributed by atoms with E-state index in [2.05, 4.69) is 69.1 Å². The third kappa shape index (κ3) is 1.82. The van der Waals surface area contributed by atoms with Gasteiger partial charge in [0.05, 0.1) is 14.1 Å². The summed E-state index contributed by atoms with van der Waals surface area (Å²) in [5.41, 5.74) is 0. The lowest BCUT2D eigenvalue weighted by Crippen LogP contribution is -2.52. The fourth-order valence-corrected chi connectivity index (χ4v) is 7.82. The minimum absolute atomic E-state index is 1.36. The number of aryl methyl sites for hydroxylation is 2. The molecular formula is C13H22N4Si+2. The van der Waals surface area contributed by atoms with Crippen LogP contribution in [0.5, 0.6) is 0 Å². The summed E-state index contributed by atoms with van der Waals surface area (Å²) in [5, 5.41) is 0. The fraction of sp³-hybridized carbons (Fsp3) is 0.538. The maximum atomic E-state index is 2.52. The first-order chi connectivity index (χ1) is 8.71. The van der Waals surface area contributed by atoms with Crippen LogP contribution < -0.4 is 9.13 Å². The Morgan fingerprint density at radius 3 is 1.72 bits per heavy atom. The van der Waals surface area contributed by atoms with E-state index in [1.54, 1.807) is 0 Å². The fourth-order valence-electron chi connectivity index (χ4n) is 3.16. The van der Waals surface area contributed by atoms with E-state index < -0.39 is 8.40 Å². The molecule has 2 aromatic rings. The first-order valence-corrected chi connectivity index (χ1v) is 9.09. The predicted molar refractivity (Wildman–Crippen MR) is 71.2 cm³/mol. The van der Waals surface area contributed by atoms with Gasteiger partial charge in [-0.05, 0) is 12.8 Å². The van der Waals surface area contributed by atoms with Crippen molar-refractivity contribution in [2.45, 2.75) is 31.4 Å². The minimum atomic E-state index is -1.60. The van der Waals surface area contributed by atoms with Gasteiger partial charge in [0, 0.05) is 12.1 Å². The summed E-state index contributed by atoms with van der Waals surface area (Å²) >= 11 is 0. The van der Waals surface area contributed by atoms with Gasteiger partial charge in [-0.25, -0.2) is 17.6 Å². The maximum absolute atomic E-state index is 2.52. The van der Waals surface area contributed by atoms with Crippen molar-refractivity contribution in [2.24, 2.45) is 14.1 Å². The third-order valence-corrected chi connectivity index (χ3v) is 8.91. The smallest absolute Gasteiger partial charge is 0.249 e. The molecule has 1 saturated heterocycles. The molecule has 1 fully saturated rings. The lowest BCUT2D eigenvalue weighted by molar-refractivity contribution is -0.670. The quantitative estimate of drug-likeness (QED) is 0.567. The number of nitrogens with zero attached hydrogens (tertiary/aromatic N) is 4. The van der Waals surface area contributed by atoms with E-state index in [1.165, 1.54) is 31.4 Å². The summed E-state index contributed by atoms with van der Waals surface area (Å²) in [5.74, 6) is 0. The molecule has 0 amide bonds. The van der Waals surface area contributed by atoms with Crippen molar-refractivity contribution in [2.75, 3.05) is 0 Å². The van der Waals surface area contributed by atoms with E-state index in [0.717, 1.165) is 0 Å². The van der Waals surface area contributed by atoms with Gasteiger partial charge < -0.3 is 0 Å². The summed E-state index contributed by atoms with van der Waals surface area (Å²) in [4.78, 5) is 0. The van der Waals surface area contributed by atoms with Crippen LogP contribution in [0, 0.1) is 0 Å². The average molecular weight is 262 g/mol. The Kier molecular flexibility index (Phi) is 2.85. The van der Waals surface area contributed by atoms with Crippen LogP contribution in [0.2, 0.25) is 12.1 Å². The van der Waals surface area contributed by atoms with Gasteiger partial charge in [-0.1, -0.05) is 6.42 Å². The third-order valence-electron chi connectivity index (χ3n) is 4.15. The SMILES string of the molecule is C[n+]1ccn([Si]2(n3cc[n+](C)c3)CCCCC2)c1. The summed E-state index contributed by atoms with van der Waals surface area (Å²) in [6.45, 7) is 0. The summed E-state index contributed by atoms with van der Waals surface area (Å²) in [6, 6.07) is 2.72. The molecule has 0 aromatic carbocycles. The number of aromatic nitrogens is 4. The Labute approximate surface area is 109 Å². The second-order valence-corrected chi connectivity index (χ2v) is 9.51. The predicted octanol–water partition coefficient (Wildman–Crippen LogP) is 0.961. The first-order valence-electron chi connectivity index (χ1n) is 6.78. The van der Waals surface area contributed by atoms with E-state index >= 15 is 0 Å². The molecule has 0 radical (unpaired) electrons. The average Bonchev–Trinajstić information content (AvgIpc) is 2.99. The minimum Gasteiger partial charge on any atom is -0.249 e. The molecule has 96 valence electrons. The van der Waals surface area contributed by atoms with Crippen molar-refractivity contribution in [3.63, 3.8) is 0 Å². The molecule has 3 rings (SSSR count). The van der Waals surface area contributed by atoms with E-state index in [9.17, 15) is 0 Å². The van der Waals surface area contributed by atoms with Gasteiger partial charge in [0.2, 0.25) is 12.7 Å². The molecule has 1 aliphatic heterocycles. The molecule has 18 heavy (non-hydrogen) atoms. The molecule has 0 atom stereocenters. The van der Waals surface area contributed by atoms with E-state index in [-0.39, 0.29) is 0 Å². The van der Waals surface area contributed by atoms with Gasteiger partial charge in [0.25, 0.3) is 0 Å². The van der Waals surface area contributed by atoms with Crippen LogP contribution in [0.4, 0.5) is 0 Å². The van der Waals surface area contributed by atoms with Gasteiger partial charge in [0.1, 0.15) is 24.8 Å². The summed E-state index contributed by atoms with van der Waals surface area (Å²) in [7, 11) is 2.61. The molecule has 0 spiro atoms. The first kappa shape index (κ1) is 11.7. The highest BCUT2D eigenvalue weighted by Crippen LogP contribution is 2.30. The molecule has 3 heterocycles. The topological polar surface area (TPSA) is 17.6 Å². The van der Waals surface area contributed by atoms with E-state index in [0.29, 0.717) is 0 Å². The van der Waals surface area contributed by atoms with Gasteiger partial charge in [-0.15, -0.1) is 0 Å². The Balaban J connectivity index is 2.08. The second-order valence-electron chi connectivity index (χ2n) is 5.52. The molecule has 1 aliphatic rings. The lowest BCUT2D eigenvalue weighted by atomic mass is 10.3. The van der Waals surface area contributed by atoms with Crippen LogP contribution >= 0.6 is 0 Å². The van der Waals surface area contributed by atoms with E-state index in [4.69, 9.17) is 0 Å². The Bertz CT molecular complexity index is 494. The number of hydrogen-bond donors (Lipinski definition) is 0. The van der Waals surface area contributed by atoms with Crippen LogP contribution in [-0.4, -0.2) is 16.9 Å². The van der Waals surface area contributed by atoms with Gasteiger partial charge in [-0.3, -0.25) is 0 Å². The Morgan fingerprint density at radius 2 is 1.33 bits per heavy atom. The monoisotopic (exact) mass is 262 g/mol. The van der Waals surface area contributed by atoms with Crippen molar-refractivity contribution < 1.29 is 9.13 Å². The molecule has 0 N–H and O–H groups in total. The Morgan fingerprint density at radius 1 is 0.833 bits per heavy atom. The van der Waals surface area contributed by atoms with Crippen LogP contribution in [0.1, 0.15) is 19.3 Å². The summed E-state index contributed by atoms with van der Waals surface area (Å²) < 4.78 is 9.36. The lowest BCUT2D eigenvalue weighted by Gasteiger charge is -2.26. The number of hydrogen-bond acceptors (Lipinski definition) is 0. The second kappa shape index (κ2) is 4.39. The van der Waals surface area contributed by atoms with E-state index in [1.807, 2.05) is 0 Å². The number of rotatable bonds is 2. The highest BCUT2D eigenvalue weighted by atomic mass is 28.3. The van der Waals surface area contributed by atoms with Crippen molar-refractivity contribution in [3.05, 3.63) is 37.4 Å². The normalized spacial score (nSPS) is 19.0. The largest absolute Gasteiger partial charge is 0.484 e. The molecule has 2 aromatic heterocycles. The molecule has 0 saturated carbocycles. The van der Waals surface area contributed by atoms with Crippen LogP contribution in [0.3, 0.4) is 0 Å². The van der Waals surface area contributed by atoms with Crippen molar-refractivity contribution in [1.82, 2.24) is 8.47 Å². The zero-order valence-electron chi connectivity index (χ0n) is 11.3.